The minimum Gasteiger partial charge on any atom is -0.383 e. The number of nitrogens with one attached hydrogen (secondary N) is 1. The van der Waals surface area contributed by atoms with E-state index in [1.54, 1.807) is 7.11 Å². The average molecular weight is 214 g/mol. The Bertz CT molecular complexity index is 186. The van der Waals surface area contributed by atoms with Crippen molar-refractivity contribution in [2.75, 3.05) is 27.3 Å². The zero-order valence-electron chi connectivity index (χ0n) is 10.8. The first kappa shape index (κ1) is 12.9. The molecule has 0 aromatic heterocycles. The maximum Gasteiger partial charge on any atom is 0.0615 e. The predicted molar refractivity (Wildman–Crippen MR) is 64.1 cm³/mol. The third-order valence-electron chi connectivity index (χ3n) is 3.96. The molecule has 90 valence electrons. The third kappa shape index (κ3) is 2.92. The Morgan fingerprint density at radius 1 is 1.47 bits per heavy atom. The first-order valence-corrected chi connectivity index (χ1v) is 6.03. The van der Waals surface area contributed by atoms with Gasteiger partial charge in [-0.05, 0) is 33.2 Å². The fourth-order valence-electron chi connectivity index (χ4n) is 2.76. The van der Waals surface area contributed by atoms with Crippen LogP contribution in [0.1, 0.15) is 27.2 Å². The fraction of sp³-hybridized carbons (Fsp3) is 1.00. The second-order valence-electron chi connectivity index (χ2n) is 4.83. The average Bonchev–Trinajstić information content (AvgIpc) is 2.22. The number of hydrogen-bond acceptors (Lipinski definition) is 3. The highest BCUT2D eigenvalue weighted by molar-refractivity contribution is 4.89. The molecule has 4 unspecified atom stereocenters. The summed E-state index contributed by atoms with van der Waals surface area (Å²) in [6, 6.07) is 1.85. The van der Waals surface area contributed by atoms with Gasteiger partial charge in [0.05, 0.1) is 6.61 Å². The molecule has 1 saturated heterocycles. The molecule has 0 aromatic rings. The van der Waals surface area contributed by atoms with E-state index in [-0.39, 0.29) is 0 Å². The van der Waals surface area contributed by atoms with Crippen molar-refractivity contribution in [3.8, 4) is 0 Å². The molecule has 3 heteroatoms. The van der Waals surface area contributed by atoms with Crippen molar-refractivity contribution in [3.63, 3.8) is 0 Å². The molecule has 1 aliphatic rings. The summed E-state index contributed by atoms with van der Waals surface area (Å²) in [6.45, 7) is 8.95. The zero-order valence-corrected chi connectivity index (χ0v) is 10.8. The van der Waals surface area contributed by atoms with Gasteiger partial charge < -0.3 is 10.1 Å². The van der Waals surface area contributed by atoms with Crippen LogP contribution < -0.4 is 5.32 Å². The molecule has 3 nitrogen and oxygen atoms in total. The van der Waals surface area contributed by atoms with Gasteiger partial charge in [0.25, 0.3) is 0 Å². The summed E-state index contributed by atoms with van der Waals surface area (Å²) >= 11 is 0. The molecule has 1 aliphatic heterocycles. The van der Waals surface area contributed by atoms with Crippen LogP contribution >= 0.6 is 0 Å². The predicted octanol–water partition coefficient (Wildman–Crippen LogP) is 1.34. The number of piperidine rings is 1. The largest absolute Gasteiger partial charge is 0.383 e. The third-order valence-corrected chi connectivity index (χ3v) is 3.96. The minimum atomic E-state index is 0.533. The zero-order chi connectivity index (χ0) is 11.4. The van der Waals surface area contributed by atoms with Crippen molar-refractivity contribution in [1.29, 1.82) is 0 Å². The summed E-state index contributed by atoms with van der Waals surface area (Å²) in [5, 5.41) is 3.42. The van der Waals surface area contributed by atoms with Gasteiger partial charge in [-0.15, -0.1) is 0 Å². The van der Waals surface area contributed by atoms with Gasteiger partial charge in [0, 0.05) is 31.8 Å². The number of ether oxygens (including phenoxy) is 1. The molecule has 0 saturated carbocycles. The van der Waals surface area contributed by atoms with Gasteiger partial charge in [0.2, 0.25) is 0 Å². The van der Waals surface area contributed by atoms with E-state index in [0.717, 1.165) is 6.61 Å². The number of nitrogens with zero attached hydrogens (tertiary/aromatic N) is 1. The number of methoxy groups -OCH3 is 1. The molecule has 0 aromatic carbocycles. The highest BCUT2D eigenvalue weighted by atomic mass is 16.5. The van der Waals surface area contributed by atoms with Crippen LogP contribution in [0, 0.1) is 5.92 Å². The van der Waals surface area contributed by atoms with Crippen LogP contribution in [0.3, 0.4) is 0 Å². The number of rotatable bonds is 4. The Labute approximate surface area is 94.2 Å². The Morgan fingerprint density at radius 2 is 2.13 bits per heavy atom. The van der Waals surface area contributed by atoms with Gasteiger partial charge in [0.15, 0.2) is 0 Å². The summed E-state index contributed by atoms with van der Waals surface area (Å²) in [5.41, 5.74) is 0. The van der Waals surface area contributed by atoms with Crippen LogP contribution in [0.4, 0.5) is 0 Å². The fourth-order valence-corrected chi connectivity index (χ4v) is 2.76. The monoisotopic (exact) mass is 214 g/mol. The molecule has 1 heterocycles. The SMILES string of the molecule is CNC1CCN(C(C)COC)C(C)C1C. The Hall–Kier alpha value is -0.120. The van der Waals surface area contributed by atoms with Crippen molar-refractivity contribution in [2.24, 2.45) is 5.92 Å². The summed E-state index contributed by atoms with van der Waals surface area (Å²) < 4.78 is 5.24. The highest BCUT2D eigenvalue weighted by Gasteiger charge is 2.33. The van der Waals surface area contributed by atoms with Gasteiger partial charge in [-0.25, -0.2) is 0 Å². The van der Waals surface area contributed by atoms with Gasteiger partial charge in [-0.2, -0.15) is 0 Å². The maximum absolute atomic E-state index is 5.24. The van der Waals surface area contributed by atoms with Crippen LogP contribution in [0.15, 0.2) is 0 Å². The maximum atomic E-state index is 5.24. The smallest absolute Gasteiger partial charge is 0.0615 e. The van der Waals surface area contributed by atoms with E-state index in [2.05, 4.69) is 38.0 Å². The minimum absolute atomic E-state index is 0.533. The molecule has 0 radical (unpaired) electrons. The van der Waals surface area contributed by atoms with E-state index in [1.165, 1.54) is 13.0 Å². The molecular weight excluding hydrogens is 188 g/mol. The first-order chi connectivity index (χ1) is 7.11. The van der Waals surface area contributed by atoms with Crippen molar-refractivity contribution in [3.05, 3.63) is 0 Å². The molecule has 4 atom stereocenters. The van der Waals surface area contributed by atoms with Crippen molar-refractivity contribution >= 4 is 0 Å². The molecule has 0 spiro atoms. The molecule has 15 heavy (non-hydrogen) atoms. The highest BCUT2D eigenvalue weighted by Crippen LogP contribution is 2.25. The molecule has 0 amide bonds. The van der Waals surface area contributed by atoms with E-state index in [0.29, 0.717) is 24.0 Å². The lowest BCUT2D eigenvalue weighted by Gasteiger charge is -2.45. The molecule has 0 bridgehead atoms. The standard InChI is InChI=1S/C12H26N2O/c1-9(8-15-5)14-7-6-12(13-4)10(2)11(14)3/h9-13H,6-8H2,1-5H3. The molecule has 1 rings (SSSR count). The molecule has 1 N–H and O–H groups in total. The van der Waals surface area contributed by atoms with Crippen molar-refractivity contribution in [2.45, 2.75) is 45.3 Å². The van der Waals surface area contributed by atoms with Gasteiger partial charge >= 0.3 is 0 Å². The van der Waals surface area contributed by atoms with E-state index in [1.807, 2.05) is 0 Å². The lowest BCUT2D eigenvalue weighted by molar-refractivity contribution is 0.0204. The van der Waals surface area contributed by atoms with Crippen LogP contribution in [-0.2, 0) is 4.74 Å². The van der Waals surface area contributed by atoms with Crippen LogP contribution in [0.25, 0.3) is 0 Å². The Morgan fingerprint density at radius 3 is 2.67 bits per heavy atom. The molecule has 1 fully saturated rings. The lowest BCUT2D eigenvalue weighted by atomic mass is 9.86. The number of likely N-dealkylation sites (tertiary alicyclic amines) is 1. The van der Waals surface area contributed by atoms with E-state index >= 15 is 0 Å². The summed E-state index contributed by atoms with van der Waals surface area (Å²) in [7, 11) is 3.85. The second-order valence-corrected chi connectivity index (χ2v) is 4.83. The topological polar surface area (TPSA) is 24.5 Å². The van der Waals surface area contributed by atoms with Gasteiger partial charge in [-0.1, -0.05) is 6.92 Å². The Balaban J connectivity index is 2.55. The van der Waals surface area contributed by atoms with Crippen LogP contribution in [0.2, 0.25) is 0 Å². The van der Waals surface area contributed by atoms with Gasteiger partial charge in [0.1, 0.15) is 0 Å². The van der Waals surface area contributed by atoms with E-state index < -0.39 is 0 Å². The van der Waals surface area contributed by atoms with E-state index in [9.17, 15) is 0 Å². The quantitative estimate of drug-likeness (QED) is 0.764. The molecular formula is C12H26N2O. The van der Waals surface area contributed by atoms with Crippen molar-refractivity contribution < 1.29 is 4.74 Å². The second kappa shape index (κ2) is 5.83. The summed E-state index contributed by atoms with van der Waals surface area (Å²) in [6.07, 6.45) is 1.25. The normalized spacial score (nSPS) is 35.4. The van der Waals surface area contributed by atoms with Crippen LogP contribution in [0.5, 0.6) is 0 Å². The van der Waals surface area contributed by atoms with Crippen LogP contribution in [-0.4, -0.2) is 50.3 Å². The van der Waals surface area contributed by atoms with Gasteiger partial charge in [-0.3, -0.25) is 4.90 Å². The Kier molecular flexibility index (Phi) is 5.03. The molecule has 0 aliphatic carbocycles. The first-order valence-electron chi connectivity index (χ1n) is 6.03. The summed E-state index contributed by atoms with van der Waals surface area (Å²) in [5.74, 6) is 0.711. The van der Waals surface area contributed by atoms with E-state index in [4.69, 9.17) is 4.74 Å². The summed E-state index contributed by atoms with van der Waals surface area (Å²) in [4.78, 5) is 2.57. The lowest BCUT2D eigenvalue weighted by Crippen LogP contribution is -2.56. The number of hydrogen-bond donors (Lipinski definition) is 1. The van der Waals surface area contributed by atoms with Crippen molar-refractivity contribution in [1.82, 2.24) is 10.2 Å².